The third-order valence-electron chi connectivity index (χ3n) is 1.94. The number of nitrogens with two attached hydrogens (primary N) is 1. The summed E-state index contributed by atoms with van der Waals surface area (Å²) in [4.78, 5) is 21.3. The number of rotatable bonds is 4. The van der Waals surface area contributed by atoms with E-state index in [4.69, 9.17) is 5.73 Å². The van der Waals surface area contributed by atoms with E-state index in [2.05, 4.69) is 5.32 Å². The van der Waals surface area contributed by atoms with E-state index in [0.717, 1.165) is 18.2 Å². The average Bonchev–Trinajstić information content (AvgIpc) is 2.19. The minimum absolute atomic E-state index is 0.0362. The molecule has 17 heavy (non-hydrogen) atoms. The molecule has 92 valence electrons. The summed E-state index contributed by atoms with van der Waals surface area (Å²) in [5.74, 6) is -1.18. The highest BCUT2D eigenvalue weighted by molar-refractivity contribution is 5.93. The zero-order valence-corrected chi connectivity index (χ0v) is 9.14. The molecule has 1 unspecified atom stereocenters. The molecular weight excluding hydrogens is 229 g/mol. The highest BCUT2D eigenvalue weighted by atomic mass is 19.1. The summed E-state index contributed by atoms with van der Waals surface area (Å²) in [5.41, 5.74) is 4.89. The summed E-state index contributed by atoms with van der Waals surface area (Å²) >= 11 is 0. The van der Waals surface area contributed by atoms with Gasteiger partial charge >= 0.3 is 0 Å². The zero-order valence-electron chi connectivity index (χ0n) is 9.14. The van der Waals surface area contributed by atoms with Crippen LogP contribution in [0.4, 0.5) is 15.8 Å². The van der Waals surface area contributed by atoms with Gasteiger partial charge in [0.25, 0.3) is 5.69 Å². The van der Waals surface area contributed by atoms with Crippen molar-refractivity contribution >= 4 is 17.3 Å². The van der Waals surface area contributed by atoms with Crippen molar-refractivity contribution in [3.8, 4) is 0 Å². The molecule has 0 aliphatic rings. The Labute approximate surface area is 96.8 Å². The maximum Gasteiger partial charge on any atom is 0.295 e. The van der Waals surface area contributed by atoms with Crippen LogP contribution in [-0.4, -0.2) is 16.9 Å². The minimum Gasteiger partial charge on any atom is -0.327 e. The lowest BCUT2D eigenvalue weighted by atomic mass is 10.2. The molecule has 0 spiro atoms. The van der Waals surface area contributed by atoms with Crippen molar-refractivity contribution in [1.29, 1.82) is 0 Å². The number of halogens is 1. The van der Waals surface area contributed by atoms with Gasteiger partial charge in [0, 0.05) is 12.5 Å². The standard InChI is InChI=1S/C10H12FN3O3/c1-6(12)4-10(15)13-8-3-2-7(11)5-9(8)14(16)17/h2-3,5-6H,4,12H2,1H3,(H,13,15). The van der Waals surface area contributed by atoms with Gasteiger partial charge in [-0.1, -0.05) is 0 Å². The Morgan fingerprint density at radius 1 is 1.65 bits per heavy atom. The van der Waals surface area contributed by atoms with Crippen LogP contribution in [-0.2, 0) is 4.79 Å². The van der Waals surface area contributed by atoms with Crippen molar-refractivity contribution in [3.05, 3.63) is 34.1 Å². The fourth-order valence-corrected chi connectivity index (χ4v) is 1.26. The number of carbonyl (C=O) groups is 1. The second-order valence-electron chi connectivity index (χ2n) is 3.65. The van der Waals surface area contributed by atoms with Crippen LogP contribution in [0.2, 0.25) is 0 Å². The van der Waals surface area contributed by atoms with Gasteiger partial charge in [-0.2, -0.15) is 0 Å². The number of nitro groups is 1. The Morgan fingerprint density at radius 2 is 2.29 bits per heavy atom. The van der Waals surface area contributed by atoms with Crippen LogP contribution in [0.5, 0.6) is 0 Å². The number of hydrogen-bond donors (Lipinski definition) is 2. The molecule has 7 heteroatoms. The molecule has 0 bridgehead atoms. The number of nitrogens with one attached hydrogen (secondary N) is 1. The highest BCUT2D eigenvalue weighted by Gasteiger charge is 2.17. The lowest BCUT2D eigenvalue weighted by molar-refractivity contribution is -0.384. The Morgan fingerprint density at radius 3 is 2.82 bits per heavy atom. The smallest absolute Gasteiger partial charge is 0.295 e. The van der Waals surface area contributed by atoms with Gasteiger partial charge in [-0.25, -0.2) is 4.39 Å². The first-order valence-corrected chi connectivity index (χ1v) is 4.89. The van der Waals surface area contributed by atoms with Gasteiger partial charge in [-0.15, -0.1) is 0 Å². The number of hydrogen-bond acceptors (Lipinski definition) is 4. The molecule has 0 aliphatic carbocycles. The predicted molar refractivity (Wildman–Crippen MR) is 60.0 cm³/mol. The lowest BCUT2D eigenvalue weighted by Gasteiger charge is -2.07. The maximum absolute atomic E-state index is 12.8. The Balaban J connectivity index is 2.91. The van der Waals surface area contributed by atoms with E-state index in [0.29, 0.717) is 0 Å². The van der Waals surface area contributed by atoms with E-state index in [1.165, 1.54) is 0 Å². The van der Waals surface area contributed by atoms with Gasteiger partial charge in [-0.05, 0) is 19.1 Å². The zero-order chi connectivity index (χ0) is 13.0. The van der Waals surface area contributed by atoms with E-state index in [1.807, 2.05) is 0 Å². The third-order valence-corrected chi connectivity index (χ3v) is 1.94. The molecule has 0 saturated carbocycles. The summed E-state index contributed by atoms with van der Waals surface area (Å²) < 4.78 is 12.8. The Kier molecular flexibility index (Phi) is 4.11. The first-order chi connectivity index (χ1) is 7.90. The van der Waals surface area contributed by atoms with Gasteiger partial charge in [0.15, 0.2) is 0 Å². The quantitative estimate of drug-likeness (QED) is 0.615. The molecule has 6 nitrogen and oxygen atoms in total. The van der Waals surface area contributed by atoms with Gasteiger partial charge in [0.1, 0.15) is 11.5 Å². The van der Waals surface area contributed by atoms with Crippen LogP contribution >= 0.6 is 0 Å². The second kappa shape index (κ2) is 5.35. The summed E-state index contributed by atoms with van der Waals surface area (Å²) in [7, 11) is 0. The molecule has 0 fully saturated rings. The number of nitrogens with zero attached hydrogens (tertiary/aromatic N) is 1. The fourth-order valence-electron chi connectivity index (χ4n) is 1.26. The summed E-state index contributed by atoms with van der Waals surface area (Å²) in [6.45, 7) is 1.64. The van der Waals surface area contributed by atoms with Gasteiger partial charge in [0.2, 0.25) is 5.91 Å². The number of amides is 1. The van der Waals surface area contributed by atoms with Crippen molar-refractivity contribution in [2.75, 3.05) is 5.32 Å². The Bertz CT molecular complexity index is 448. The van der Waals surface area contributed by atoms with Gasteiger partial charge < -0.3 is 11.1 Å². The number of anilines is 1. The molecular formula is C10H12FN3O3. The first-order valence-electron chi connectivity index (χ1n) is 4.89. The largest absolute Gasteiger partial charge is 0.327 e. The van der Waals surface area contributed by atoms with E-state index < -0.39 is 22.3 Å². The van der Waals surface area contributed by atoms with E-state index in [-0.39, 0.29) is 18.2 Å². The lowest BCUT2D eigenvalue weighted by Crippen LogP contribution is -2.24. The molecule has 0 aliphatic heterocycles. The molecule has 1 rings (SSSR count). The molecule has 1 aromatic rings. The van der Waals surface area contributed by atoms with Crippen molar-refractivity contribution in [2.24, 2.45) is 5.73 Å². The van der Waals surface area contributed by atoms with Gasteiger partial charge in [-0.3, -0.25) is 14.9 Å². The van der Waals surface area contributed by atoms with Crippen molar-refractivity contribution < 1.29 is 14.1 Å². The minimum atomic E-state index is -0.759. The summed E-state index contributed by atoms with van der Waals surface area (Å²) in [6.07, 6.45) is 0.0362. The van der Waals surface area contributed by atoms with Crippen LogP contribution in [0.15, 0.2) is 18.2 Å². The predicted octanol–water partition coefficient (Wildman–Crippen LogP) is 1.41. The summed E-state index contributed by atoms with van der Waals surface area (Å²) in [6, 6.07) is 2.58. The van der Waals surface area contributed by atoms with Crippen molar-refractivity contribution in [2.45, 2.75) is 19.4 Å². The molecule has 0 saturated heterocycles. The van der Waals surface area contributed by atoms with E-state index in [9.17, 15) is 19.3 Å². The molecule has 1 atom stereocenters. The average molecular weight is 241 g/mol. The van der Waals surface area contributed by atoms with Crippen LogP contribution in [0.25, 0.3) is 0 Å². The third kappa shape index (κ3) is 3.80. The normalized spacial score (nSPS) is 11.9. The number of nitro benzene ring substituents is 1. The summed E-state index contributed by atoms with van der Waals surface area (Å²) in [5, 5.41) is 13.0. The number of benzene rings is 1. The van der Waals surface area contributed by atoms with Crippen molar-refractivity contribution in [3.63, 3.8) is 0 Å². The molecule has 0 radical (unpaired) electrons. The van der Waals surface area contributed by atoms with Crippen LogP contribution in [0.1, 0.15) is 13.3 Å². The molecule has 1 amide bonds. The molecule has 0 heterocycles. The van der Waals surface area contributed by atoms with Crippen LogP contribution in [0.3, 0.4) is 0 Å². The Hall–Kier alpha value is -2.02. The van der Waals surface area contributed by atoms with Crippen LogP contribution < -0.4 is 11.1 Å². The SMILES string of the molecule is CC(N)CC(=O)Nc1ccc(F)cc1[N+](=O)[O-]. The topological polar surface area (TPSA) is 98.3 Å². The molecule has 3 N–H and O–H groups in total. The van der Waals surface area contributed by atoms with Gasteiger partial charge in [0.05, 0.1) is 11.0 Å². The second-order valence-corrected chi connectivity index (χ2v) is 3.65. The maximum atomic E-state index is 12.8. The fraction of sp³-hybridized carbons (Fsp3) is 0.300. The number of carbonyl (C=O) groups excluding carboxylic acids is 1. The van der Waals surface area contributed by atoms with Crippen molar-refractivity contribution in [1.82, 2.24) is 0 Å². The van der Waals surface area contributed by atoms with E-state index in [1.54, 1.807) is 6.92 Å². The highest BCUT2D eigenvalue weighted by Crippen LogP contribution is 2.25. The molecule has 1 aromatic carbocycles. The first kappa shape index (κ1) is 13.0. The van der Waals surface area contributed by atoms with Crippen LogP contribution in [0, 0.1) is 15.9 Å². The molecule has 0 aromatic heterocycles. The van der Waals surface area contributed by atoms with E-state index >= 15 is 0 Å². The monoisotopic (exact) mass is 241 g/mol.